The fraction of sp³-hybridized carbons (Fsp3) is 0.938. The van der Waals surface area contributed by atoms with E-state index in [-0.39, 0.29) is 18.9 Å². The Hall–Kier alpha value is -0.910. The van der Waals surface area contributed by atoms with E-state index in [4.69, 9.17) is 0 Å². The van der Waals surface area contributed by atoms with Crippen LogP contribution in [-0.4, -0.2) is 46.1 Å². The molecular formula is C48H95NO4. The minimum absolute atomic E-state index is 0.0190. The van der Waals surface area contributed by atoms with Gasteiger partial charge in [-0.3, -0.25) is 4.79 Å². The third-order valence-corrected chi connectivity index (χ3v) is 11.3. The third kappa shape index (κ3) is 40.6. The summed E-state index contributed by atoms with van der Waals surface area (Å²) < 4.78 is 0. The van der Waals surface area contributed by atoms with Crippen LogP contribution in [0, 0.1) is 0 Å². The lowest BCUT2D eigenvalue weighted by Crippen LogP contribution is -2.45. The number of aliphatic hydroxyl groups excluding tert-OH is 3. The van der Waals surface area contributed by atoms with Crippen molar-refractivity contribution in [1.29, 1.82) is 0 Å². The van der Waals surface area contributed by atoms with Crippen LogP contribution in [0.25, 0.3) is 0 Å². The maximum atomic E-state index is 12.4. The van der Waals surface area contributed by atoms with Crippen LogP contribution in [0.2, 0.25) is 0 Å². The monoisotopic (exact) mass is 750 g/mol. The summed E-state index contributed by atoms with van der Waals surface area (Å²) in [6.07, 6.45) is 52.3. The largest absolute Gasteiger partial charge is 0.394 e. The van der Waals surface area contributed by atoms with Crippen LogP contribution >= 0.6 is 0 Å². The topological polar surface area (TPSA) is 89.8 Å². The molecule has 0 radical (unpaired) electrons. The summed E-state index contributed by atoms with van der Waals surface area (Å²) in [5.74, 6) is -0.311. The van der Waals surface area contributed by atoms with Gasteiger partial charge in [0.05, 0.1) is 31.3 Å². The van der Waals surface area contributed by atoms with E-state index in [0.717, 1.165) is 25.7 Å². The second-order valence-corrected chi connectivity index (χ2v) is 16.7. The van der Waals surface area contributed by atoms with Crippen molar-refractivity contribution in [3.8, 4) is 0 Å². The first-order valence-corrected chi connectivity index (χ1v) is 24.0. The molecule has 0 aliphatic carbocycles. The summed E-state index contributed by atoms with van der Waals surface area (Å²) in [5, 5.41) is 33.3. The van der Waals surface area contributed by atoms with Gasteiger partial charge >= 0.3 is 0 Å². The predicted octanol–water partition coefficient (Wildman–Crippen LogP) is 14.0. The van der Waals surface area contributed by atoms with Gasteiger partial charge in [-0.25, -0.2) is 0 Å². The second-order valence-electron chi connectivity index (χ2n) is 16.7. The fourth-order valence-corrected chi connectivity index (χ4v) is 7.64. The zero-order chi connectivity index (χ0) is 38.7. The summed E-state index contributed by atoms with van der Waals surface area (Å²) in [5.41, 5.74) is 0. The molecule has 4 N–H and O–H groups in total. The lowest BCUT2D eigenvalue weighted by molar-refractivity contribution is -0.124. The van der Waals surface area contributed by atoms with Gasteiger partial charge in [0.2, 0.25) is 5.91 Å². The Balaban J connectivity index is 3.55. The molecule has 0 saturated heterocycles. The number of aliphatic hydroxyl groups is 3. The number of rotatable bonds is 44. The molecule has 53 heavy (non-hydrogen) atoms. The molecule has 3 atom stereocenters. The highest BCUT2D eigenvalue weighted by atomic mass is 16.3. The van der Waals surface area contributed by atoms with Crippen LogP contribution in [0.5, 0.6) is 0 Å². The number of hydrogen-bond donors (Lipinski definition) is 4. The SMILES string of the molecule is CCCCCCCCCCCCCC/C=C/C(O)C(CO)NC(=O)CC(O)CCCCCCCCCCCCCCCCCCCCCCCCCC. The zero-order valence-electron chi connectivity index (χ0n) is 35.9. The van der Waals surface area contributed by atoms with Crippen molar-refractivity contribution in [2.24, 2.45) is 0 Å². The van der Waals surface area contributed by atoms with Gasteiger partial charge in [-0.05, 0) is 19.3 Å². The van der Waals surface area contributed by atoms with Crippen molar-refractivity contribution >= 4 is 5.91 Å². The molecule has 0 bridgehead atoms. The molecule has 0 aliphatic rings. The number of amides is 1. The van der Waals surface area contributed by atoms with Gasteiger partial charge in [0.25, 0.3) is 0 Å². The lowest BCUT2D eigenvalue weighted by atomic mass is 10.0. The quantitative estimate of drug-likeness (QED) is 0.0369. The van der Waals surface area contributed by atoms with Gasteiger partial charge in [0.15, 0.2) is 0 Å². The van der Waals surface area contributed by atoms with E-state index in [1.54, 1.807) is 6.08 Å². The first-order valence-electron chi connectivity index (χ1n) is 24.0. The Morgan fingerprint density at radius 3 is 1.09 bits per heavy atom. The predicted molar refractivity (Wildman–Crippen MR) is 232 cm³/mol. The van der Waals surface area contributed by atoms with Crippen LogP contribution in [0.1, 0.15) is 264 Å². The van der Waals surface area contributed by atoms with E-state index in [9.17, 15) is 20.1 Å². The highest BCUT2D eigenvalue weighted by Crippen LogP contribution is 2.17. The van der Waals surface area contributed by atoms with E-state index in [1.165, 1.54) is 212 Å². The van der Waals surface area contributed by atoms with Gasteiger partial charge < -0.3 is 20.6 Å². The Morgan fingerprint density at radius 2 is 0.774 bits per heavy atom. The summed E-state index contributed by atoms with van der Waals surface area (Å²) in [4.78, 5) is 12.4. The van der Waals surface area contributed by atoms with E-state index in [1.807, 2.05) is 6.08 Å². The molecule has 0 saturated carbocycles. The van der Waals surface area contributed by atoms with Gasteiger partial charge in [-0.1, -0.05) is 251 Å². The van der Waals surface area contributed by atoms with Crippen molar-refractivity contribution in [2.75, 3.05) is 6.61 Å². The highest BCUT2D eigenvalue weighted by Gasteiger charge is 2.20. The van der Waals surface area contributed by atoms with E-state index < -0.39 is 18.2 Å². The van der Waals surface area contributed by atoms with Crippen molar-refractivity contribution in [1.82, 2.24) is 5.32 Å². The normalized spacial score (nSPS) is 13.5. The molecule has 0 aromatic rings. The minimum Gasteiger partial charge on any atom is -0.394 e. The molecule has 5 nitrogen and oxygen atoms in total. The maximum Gasteiger partial charge on any atom is 0.222 e. The third-order valence-electron chi connectivity index (χ3n) is 11.3. The number of carbonyl (C=O) groups is 1. The standard InChI is InChI=1S/C48H95NO4/c1-3-5-7-9-11-13-15-17-19-20-21-22-23-24-25-26-27-28-29-31-33-35-37-39-41-45(51)43-48(53)49-46(44-50)47(52)42-40-38-36-34-32-30-18-16-14-12-10-8-6-4-2/h40,42,45-47,50-52H,3-39,41,43-44H2,1-2H3,(H,49,53)/b42-40+. The Labute approximate surface area is 331 Å². The number of allylic oxidation sites excluding steroid dienone is 1. The van der Waals surface area contributed by atoms with Crippen molar-refractivity contribution in [3.63, 3.8) is 0 Å². The van der Waals surface area contributed by atoms with Crippen LogP contribution in [0.4, 0.5) is 0 Å². The molecule has 0 aromatic heterocycles. The second kappa shape index (κ2) is 43.8. The van der Waals surface area contributed by atoms with Gasteiger partial charge in [-0.2, -0.15) is 0 Å². The van der Waals surface area contributed by atoms with Crippen molar-refractivity contribution in [2.45, 2.75) is 283 Å². The summed E-state index contributed by atoms with van der Waals surface area (Å²) >= 11 is 0. The number of nitrogens with one attached hydrogen (secondary N) is 1. The highest BCUT2D eigenvalue weighted by molar-refractivity contribution is 5.76. The first kappa shape index (κ1) is 52.1. The van der Waals surface area contributed by atoms with E-state index in [0.29, 0.717) is 6.42 Å². The lowest BCUT2D eigenvalue weighted by Gasteiger charge is -2.21. The van der Waals surface area contributed by atoms with Gasteiger partial charge in [0.1, 0.15) is 0 Å². The van der Waals surface area contributed by atoms with Gasteiger partial charge in [-0.15, -0.1) is 0 Å². The van der Waals surface area contributed by atoms with Crippen molar-refractivity contribution < 1.29 is 20.1 Å². The number of hydrogen-bond acceptors (Lipinski definition) is 4. The molecule has 5 heteroatoms. The molecule has 0 aromatic carbocycles. The van der Waals surface area contributed by atoms with Crippen LogP contribution in [0.3, 0.4) is 0 Å². The van der Waals surface area contributed by atoms with Crippen LogP contribution < -0.4 is 5.32 Å². The summed E-state index contributed by atoms with van der Waals surface area (Å²) in [6, 6.07) is -0.739. The molecule has 3 unspecified atom stereocenters. The first-order chi connectivity index (χ1) is 26.0. The Bertz CT molecular complexity index is 743. The van der Waals surface area contributed by atoms with Gasteiger partial charge in [0, 0.05) is 0 Å². The maximum absolute atomic E-state index is 12.4. The molecule has 316 valence electrons. The molecule has 0 rings (SSSR count). The molecule has 0 fully saturated rings. The zero-order valence-corrected chi connectivity index (χ0v) is 35.9. The Morgan fingerprint density at radius 1 is 0.472 bits per heavy atom. The molecule has 0 heterocycles. The average molecular weight is 750 g/mol. The average Bonchev–Trinajstić information content (AvgIpc) is 3.15. The number of carbonyl (C=O) groups excluding carboxylic acids is 1. The van der Waals surface area contributed by atoms with Crippen LogP contribution in [-0.2, 0) is 4.79 Å². The molecular weight excluding hydrogens is 655 g/mol. The minimum atomic E-state index is -0.924. The molecule has 0 spiro atoms. The summed E-state index contributed by atoms with van der Waals surface area (Å²) in [7, 11) is 0. The molecule has 0 aliphatic heterocycles. The number of unbranched alkanes of at least 4 members (excludes halogenated alkanes) is 35. The smallest absolute Gasteiger partial charge is 0.222 e. The Kier molecular flexibility index (Phi) is 43.1. The van der Waals surface area contributed by atoms with E-state index in [2.05, 4.69) is 19.2 Å². The fourth-order valence-electron chi connectivity index (χ4n) is 7.64. The van der Waals surface area contributed by atoms with Crippen LogP contribution in [0.15, 0.2) is 12.2 Å². The van der Waals surface area contributed by atoms with Crippen molar-refractivity contribution in [3.05, 3.63) is 12.2 Å². The molecule has 1 amide bonds. The summed E-state index contributed by atoms with van der Waals surface area (Å²) in [6.45, 7) is 4.23. The van der Waals surface area contributed by atoms with E-state index >= 15 is 0 Å².